The van der Waals surface area contributed by atoms with Crippen molar-refractivity contribution in [3.63, 3.8) is 0 Å². The van der Waals surface area contributed by atoms with Crippen LogP contribution in [0.2, 0.25) is 0 Å². The van der Waals surface area contributed by atoms with Gasteiger partial charge in [-0.15, -0.1) is 0 Å². The van der Waals surface area contributed by atoms with Gasteiger partial charge in [0.05, 0.1) is 11.7 Å². The van der Waals surface area contributed by atoms with Crippen LogP contribution in [0.1, 0.15) is 29.7 Å². The molecule has 0 bridgehead atoms. The molecule has 138 valence electrons. The molecule has 0 fully saturated rings. The molecule has 2 nitrogen and oxygen atoms in total. The molecule has 4 heteroatoms. The maximum atomic E-state index is 14.1. The molecular formula is C23H23FN2S. The van der Waals surface area contributed by atoms with Gasteiger partial charge in [-0.2, -0.15) is 0 Å². The van der Waals surface area contributed by atoms with Gasteiger partial charge in [0.25, 0.3) is 0 Å². The number of para-hydroxylation sites is 1. The average Bonchev–Trinajstić information content (AvgIpc) is 2.69. The Balaban J connectivity index is 1.87. The number of benzene rings is 3. The highest BCUT2D eigenvalue weighted by Crippen LogP contribution is 2.24. The summed E-state index contributed by atoms with van der Waals surface area (Å²) in [5.41, 5.74) is 3.91. The van der Waals surface area contributed by atoms with Crippen LogP contribution < -0.4 is 5.32 Å². The van der Waals surface area contributed by atoms with Crippen molar-refractivity contribution >= 4 is 23.0 Å². The highest BCUT2D eigenvalue weighted by atomic mass is 32.1. The van der Waals surface area contributed by atoms with Gasteiger partial charge < -0.3 is 10.2 Å². The molecule has 1 unspecified atom stereocenters. The average molecular weight is 379 g/mol. The van der Waals surface area contributed by atoms with Gasteiger partial charge in [0.1, 0.15) is 5.82 Å². The van der Waals surface area contributed by atoms with Gasteiger partial charge in [0.15, 0.2) is 5.11 Å². The fourth-order valence-electron chi connectivity index (χ4n) is 2.94. The predicted octanol–water partition coefficient (Wildman–Crippen LogP) is 6.09. The molecule has 0 aliphatic heterocycles. The molecule has 0 spiro atoms. The highest BCUT2D eigenvalue weighted by Gasteiger charge is 2.20. The van der Waals surface area contributed by atoms with E-state index < -0.39 is 0 Å². The number of aryl methyl sites for hydroxylation is 1. The first-order valence-electron chi connectivity index (χ1n) is 8.97. The molecule has 27 heavy (non-hydrogen) atoms. The Morgan fingerprint density at radius 3 is 2.26 bits per heavy atom. The summed E-state index contributed by atoms with van der Waals surface area (Å²) in [6, 6.07) is 25.2. The third-order valence-electron chi connectivity index (χ3n) is 4.60. The summed E-state index contributed by atoms with van der Waals surface area (Å²) in [4.78, 5) is 2.09. The van der Waals surface area contributed by atoms with Gasteiger partial charge in [-0.25, -0.2) is 4.39 Å². The minimum atomic E-state index is -0.317. The maximum absolute atomic E-state index is 14.1. The van der Waals surface area contributed by atoms with Crippen LogP contribution >= 0.6 is 12.2 Å². The van der Waals surface area contributed by atoms with Gasteiger partial charge in [-0.3, -0.25) is 0 Å². The summed E-state index contributed by atoms with van der Waals surface area (Å²) in [5, 5.41) is 3.57. The topological polar surface area (TPSA) is 15.3 Å². The van der Waals surface area contributed by atoms with Crippen molar-refractivity contribution in [3.05, 3.63) is 101 Å². The van der Waals surface area contributed by atoms with E-state index in [-0.39, 0.29) is 11.9 Å². The molecule has 0 saturated carbocycles. The quantitative estimate of drug-likeness (QED) is 0.541. The number of anilines is 1. The Kier molecular flexibility index (Phi) is 6.20. The van der Waals surface area contributed by atoms with Crippen LogP contribution in [0.15, 0.2) is 78.9 Å². The molecule has 0 aromatic heterocycles. The lowest BCUT2D eigenvalue weighted by atomic mass is 10.1. The number of hydrogen-bond acceptors (Lipinski definition) is 1. The highest BCUT2D eigenvalue weighted by molar-refractivity contribution is 7.80. The summed E-state index contributed by atoms with van der Waals surface area (Å²) in [6.07, 6.45) is 0. The molecule has 0 heterocycles. The van der Waals surface area contributed by atoms with E-state index in [0.717, 1.165) is 11.1 Å². The van der Waals surface area contributed by atoms with Crippen molar-refractivity contribution in [3.8, 4) is 0 Å². The lowest BCUT2D eigenvalue weighted by Gasteiger charge is -2.32. The van der Waals surface area contributed by atoms with Gasteiger partial charge >= 0.3 is 0 Å². The molecule has 1 N–H and O–H groups in total. The second-order valence-corrected chi connectivity index (χ2v) is 7.00. The Morgan fingerprint density at radius 2 is 1.59 bits per heavy atom. The van der Waals surface area contributed by atoms with E-state index >= 15 is 0 Å². The summed E-state index contributed by atoms with van der Waals surface area (Å²) >= 11 is 5.67. The molecule has 0 aliphatic carbocycles. The lowest BCUT2D eigenvalue weighted by Crippen LogP contribution is -2.36. The first kappa shape index (κ1) is 19.1. The lowest BCUT2D eigenvalue weighted by molar-refractivity contribution is 0.334. The molecule has 0 radical (unpaired) electrons. The number of nitrogens with zero attached hydrogens (tertiary/aromatic N) is 1. The van der Waals surface area contributed by atoms with Gasteiger partial charge in [-0.1, -0.05) is 72.3 Å². The summed E-state index contributed by atoms with van der Waals surface area (Å²) in [6.45, 7) is 4.81. The van der Waals surface area contributed by atoms with Crippen molar-refractivity contribution in [1.29, 1.82) is 0 Å². The molecule has 0 aliphatic rings. The fourth-order valence-corrected chi connectivity index (χ4v) is 3.27. The van der Waals surface area contributed by atoms with Crippen LogP contribution in [0.3, 0.4) is 0 Å². The molecular weight excluding hydrogens is 355 g/mol. The van der Waals surface area contributed by atoms with Crippen LogP contribution in [0.5, 0.6) is 0 Å². The summed E-state index contributed by atoms with van der Waals surface area (Å²) in [5.74, 6) is -0.317. The Bertz CT molecular complexity index is 894. The fraction of sp³-hybridized carbons (Fsp3) is 0.174. The minimum Gasteiger partial charge on any atom is -0.338 e. The zero-order valence-corrected chi connectivity index (χ0v) is 16.3. The SMILES string of the molecule is Cc1ccc(CN(C(=S)Nc2ccccc2F)C(C)c2ccccc2)cc1. The van der Waals surface area contributed by atoms with E-state index in [4.69, 9.17) is 12.2 Å². The molecule has 3 aromatic rings. The first-order chi connectivity index (χ1) is 13.0. The largest absolute Gasteiger partial charge is 0.338 e. The van der Waals surface area contributed by atoms with Crippen LogP contribution in [-0.4, -0.2) is 10.0 Å². The Hall–Kier alpha value is -2.72. The van der Waals surface area contributed by atoms with Crippen LogP contribution in [0.25, 0.3) is 0 Å². The van der Waals surface area contributed by atoms with Crippen molar-refractivity contribution in [2.24, 2.45) is 0 Å². The standard InChI is InChI=1S/C23H23FN2S/c1-17-12-14-19(15-13-17)16-26(18(2)20-8-4-3-5-9-20)23(27)25-22-11-7-6-10-21(22)24/h3-15,18H,16H2,1-2H3,(H,25,27). The predicted molar refractivity (Wildman–Crippen MR) is 114 cm³/mol. The summed E-state index contributed by atoms with van der Waals surface area (Å²) < 4.78 is 14.1. The molecule has 0 amide bonds. The second-order valence-electron chi connectivity index (χ2n) is 6.61. The number of hydrogen-bond donors (Lipinski definition) is 1. The second kappa shape index (κ2) is 8.78. The van der Waals surface area contributed by atoms with Crippen LogP contribution in [0.4, 0.5) is 10.1 Å². The van der Waals surface area contributed by atoms with E-state index in [9.17, 15) is 4.39 Å². The number of thiocarbonyl (C=S) groups is 1. The van der Waals surface area contributed by atoms with Crippen molar-refractivity contribution < 1.29 is 4.39 Å². The Morgan fingerprint density at radius 1 is 0.963 bits per heavy atom. The number of nitrogens with one attached hydrogen (secondary N) is 1. The number of halogens is 1. The third-order valence-corrected chi connectivity index (χ3v) is 4.94. The van der Waals surface area contributed by atoms with E-state index in [0.29, 0.717) is 17.3 Å². The molecule has 0 saturated heterocycles. The molecule has 3 rings (SSSR count). The third kappa shape index (κ3) is 4.92. The van der Waals surface area contributed by atoms with Crippen molar-refractivity contribution in [2.75, 3.05) is 5.32 Å². The molecule has 1 atom stereocenters. The van der Waals surface area contributed by atoms with Crippen molar-refractivity contribution in [2.45, 2.75) is 26.4 Å². The normalized spacial score (nSPS) is 11.7. The zero-order chi connectivity index (χ0) is 19.2. The van der Waals surface area contributed by atoms with Crippen LogP contribution in [-0.2, 0) is 6.54 Å². The van der Waals surface area contributed by atoms with E-state index in [1.165, 1.54) is 11.6 Å². The number of rotatable bonds is 5. The zero-order valence-electron chi connectivity index (χ0n) is 15.5. The van der Waals surface area contributed by atoms with E-state index in [2.05, 4.69) is 60.5 Å². The van der Waals surface area contributed by atoms with Gasteiger partial charge in [-0.05, 0) is 49.3 Å². The van der Waals surface area contributed by atoms with E-state index in [1.807, 2.05) is 18.2 Å². The Labute approximate surface area is 165 Å². The van der Waals surface area contributed by atoms with Crippen LogP contribution in [0, 0.1) is 12.7 Å². The first-order valence-corrected chi connectivity index (χ1v) is 9.38. The van der Waals surface area contributed by atoms with Crippen molar-refractivity contribution in [1.82, 2.24) is 4.90 Å². The van der Waals surface area contributed by atoms with Gasteiger partial charge in [0, 0.05) is 6.54 Å². The minimum absolute atomic E-state index is 0.0410. The van der Waals surface area contributed by atoms with E-state index in [1.54, 1.807) is 18.2 Å². The monoisotopic (exact) mass is 378 g/mol. The summed E-state index contributed by atoms with van der Waals surface area (Å²) in [7, 11) is 0. The van der Waals surface area contributed by atoms with Gasteiger partial charge in [0.2, 0.25) is 0 Å². The maximum Gasteiger partial charge on any atom is 0.174 e. The molecule has 3 aromatic carbocycles. The smallest absolute Gasteiger partial charge is 0.174 e.